The number of rotatable bonds is 3. The predicted molar refractivity (Wildman–Crippen MR) is 93.3 cm³/mol. The summed E-state index contributed by atoms with van der Waals surface area (Å²) in [6, 6.07) is 7.71. The molecule has 0 aromatic heterocycles. The number of anilines is 2. The Hall–Kier alpha value is -0.760. The van der Waals surface area contributed by atoms with E-state index in [1.54, 1.807) is 12.1 Å². The molecule has 112 valence electrons. The van der Waals surface area contributed by atoms with Gasteiger partial charge in [-0.25, -0.2) is 8.42 Å². The molecule has 0 aliphatic carbocycles. The molecule has 0 bridgehead atoms. The van der Waals surface area contributed by atoms with Gasteiger partial charge in [0.2, 0.25) is 0 Å². The molecule has 0 saturated heterocycles. The van der Waals surface area contributed by atoms with Gasteiger partial charge < -0.3 is 5.73 Å². The summed E-state index contributed by atoms with van der Waals surface area (Å²) in [6.45, 7) is 1.84. The quantitative estimate of drug-likeness (QED) is 0.668. The number of halogens is 3. The topological polar surface area (TPSA) is 72.2 Å². The van der Waals surface area contributed by atoms with E-state index in [1.165, 1.54) is 18.2 Å². The molecule has 0 radical (unpaired) electrons. The second kappa shape index (κ2) is 6.16. The first-order chi connectivity index (χ1) is 9.70. The van der Waals surface area contributed by atoms with Gasteiger partial charge in [0, 0.05) is 14.6 Å². The minimum Gasteiger partial charge on any atom is -0.398 e. The van der Waals surface area contributed by atoms with Crippen molar-refractivity contribution in [1.82, 2.24) is 0 Å². The number of sulfonamides is 1. The van der Waals surface area contributed by atoms with Gasteiger partial charge in [-0.15, -0.1) is 0 Å². The maximum absolute atomic E-state index is 12.4. The van der Waals surface area contributed by atoms with Crippen molar-refractivity contribution in [1.29, 1.82) is 0 Å². The lowest BCUT2D eigenvalue weighted by molar-refractivity contribution is 0.601. The monoisotopic (exact) mass is 452 g/mol. The van der Waals surface area contributed by atoms with Crippen LogP contribution in [-0.2, 0) is 10.0 Å². The highest BCUT2D eigenvalue weighted by atomic mass is 79.9. The lowest BCUT2D eigenvalue weighted by Gasteiger charge is -2.12. The lowest BCUT2D eigenvalue weighted by Crippen LogP contribution is -2.13. The fraction of sp³-hybridized carbons (Fsp3) is 0.0769. The molecule has 21 heavy (non-hydrogen) atoms. The molecule has 2 aromatic carbocycles. The van der Waals surface area contributed by atoms with Gasteiger partial charge in [-0.1, -0.05) is 11.6 Å². The highest BCUT2D eigenvalue weighted by Crippen LogP contribution is 2.31. The number of hydrogen-bond donors (Lipinski definition) is 2. The minimum atomic E-state index is -3.73. The highest BCUT2D eigenvalue weighted by Gasteiger charge is 2.17. The van der Waals surface area contributed by atoms with Crippen molar-refractivity contribution in [3.63, 3.8) is 0 Å². The summed E-state index contributed by atoms with van der Waals surface area (Å²) < 4.78 is 28.4. The van der Waals surface area contributed by atoms with Crippen molar-refractivity contribution in [2.45, 2.75) is 11.8 Å². The smallest absolute Gasteiger partial charge is 0.261 e. The van der Waals surface area contributed by atoms with Crippen LogP contribution in [-0.4, -0.2) is 8.42 Å². The van der Waals surface area contributed by atoms with Crippen LogP contribution in [0.1, 0.15) is 5.56 Å². The third-order valence-electron chi connectivity index (χ3n) is 2.80. The fourth-order valence-electron chi connectivity index (χ4n) is 1.62. The Balaban J connectivity index is 2.42. The Bertz CT molecular complexity index is 810. The molecule has 3 N–H and O–H groups in total. The summed E-state index contributed by atoms with van der Waals surface area (Å²) in [5, 5.41) is 0.440. The predicted octanol–water partition coefficient (Wildman–Crippen LogP) is 4.56. The Kier molecular flexibility index (Phi) is 4.87. The van der Waals surface area contributed by atoms with Crippen molar-refractivity contribution >= 4 is 64.9 Å². The van der Waals surface area contributed by atoms with Crippen LogP contribution in [0, 0.1) is 6.92 Å². The molecular formula is C13H11Br2ClN2O2S. The second-order valence-corrected chi connectivity index (χ2v) is 8.17. The van der Waals surface area contributed by atoms with E-state index in [0.717, 1.165) is 5.56 Å². The number of nitrogen functional groups attached to an aromatic ring is 1. The van der Waals surface area contributed by atoms with E-state index in [0.29, 0.717) is 25.3 Å². The van der Waals surface area contributed by atoms with Gasteiger partial charge in [-0.2, -0.15) is 0 Å². The number of nitrogens with one attached hydrogen (secondary N) is 1. The zero-order chi connectivity index (χ0) is 15.8. The van der Waals surface area contributed by atoms with Crippen LogP contribution in [0.3, 0.4) is 0 Å². The highest BCUT2D eigenvalue weighted by molar-refractivity contribution is 9.11. The van der Waals surface area contributed by atoms with E-state index in [2.05, 4.69) is 36.6 Å². The van der Waals surface area contributed by atoms with Crippen LogP contribution in [0.15, 0.2) is 44.2 Å². The molecule has 0 aliphatic rings. The molecule has 0 unspecified atom stereocenters. The summed E-state index contributed by atoms with van der Waals surface area (Å²) in [6.07, 6.45) is 0. The van der Waals surface area contributed by atoms with E-state index in [9.17, 15) is 8.42 Å². The first kappa shape index (κ1) is 16.6. The van der Waals surface area contributed by atoms with Gasteiger partial charge in [0.15, 0.2) is 0 Å². The summed E-state index contributed by atoms with van der Waals surface area (Å²) in [7, 11) is -3.73. The van der Waals surface area contributed by atoms with Crippen molar-refractivity contribution in [3.8, 4) is 0 Å². The molecule has 0 atom stereocenters. The van der Waals surface area contributed by atoms with E-state index >= 15 is 0 Å². The lowest BCUT2D eigenvalue weighted by atomic mass is 10.2. The summed E-state index contributed by atoms with van der Waals surface area (Å²) in [5.41, 5.74) is 7.56. The Labute approximate surface area is 145 Å². The largest absolute Gasteiger partial charge is 0.398 e. The van der Waals surface area contributed by atoms with E-state index in [1.807, 2.05) is 6.92 Å². The maximum atomic E-state index is 12.4. The first-order valence-electron chi connectivity index (χ1n) is 5.74. The van der Waals surface area contributed by atoms with Gasteiger partial charge in [0.25, 0.3) is 10.0 Å². The SMILES string of the molecule is Cc1cc(Br)c(NS(=O)(=O)c2ccc(Cl)c(Br)c2)cc1N. The van der Waals surface area contributed by atoms with E-state index in [-0.39, 0.29) is 4.90 Å². The third-order valence-corrected chi connectivity index (χ3v) is 6.03. The first-order valence-corrected chi connectivity index (χ1v) is 9.19. The standard InChI is InChI=1S/C13H11Br2ClN2O2S/c1-7-4-10(15)13(6-12(7)17)18-21(19,20)8-2-3-11(16)9(14)5-8/h2-6,18H,17H2,1H3. The van der Waals surface area contributed by atoms with Crippen LogP contribution in [0.5, 0.6) is 0 Å². The van der Waals surface area contributed by atoms with E-state index < -0.39 is 10.0 Å². The van der Waals surface area contributed by atoms with Crippen LogP contribution < -0.4 is 10.5 Å². The molecule has 8 heteroatoms. The van der Waals surface area contributed by atoms with Crippen LogP contribution in [0.2, 0.25) is 5.02 Å². The van der Waals surface area contributed by atoms with Crippen molar-refractivity contribution in [2.75, 3.05) is 10.5 Å². The van der Waals surface area contributed by atoms with Crippen LogP contribution >= 0.6 is 43.5 Å². The molecule has 0 saturated carbocycles. The molecule has 0 heterocycles. The van der Waals surface area contributed by atoms with Crippen LogP contribution in [0.4, 0.5) is 11.4 Å². The maximum Gasteiger partial charge on any atom is 0.261 e. The third kappa shape index (κ3) is 3.71. The molecule has 0 amide bonds. The Morgan fingerprint density at radius 1 is 1.14 bits per heavy atom. The zero-order valence-electron chi connectivity index (χ0n) is 10.8. The average molecular weight is 455 g/mol. The second-order valence-electron chi connectivity index (χ2n) is 4.37. The van der Waals surface area contributed by atoms with E-state index in [4.69, 9.17) is 17.3 Å². The molecule has 2 aromatic rings. The summed E-state index contributed by atoms with van der Waals surface area (Å²) >= 11 is 12.4. The van der Waals surface area contributed by atoms with Gasteiger partial charge >= 0.3 is 0 Å². The Morgan fingerprint density at radius 3 is 2.43 bits per heavy atom. The van der Waals surface area contributed by atoms with Gasteiger partial charge in [0.05, 0.1) is 15.6 Å². The van der Waals surface area contributed by atoms with Crippen molar-refractivity contribution in [3.05, 3.63) is 49.9 Å². The minimum absolute atomic E-state index is 0.102. The normalized spacial score (nSPS) is 11.4. The Morgan fingerprint density at radius 2 is 1.81 bits per heavy atom. The van der Waals surface area contributed by atoms with Gasteiger partial charge in [0.1, 0.15) is 0 Å². The average Bonchev–Trinajstić information content (AvgIpc) is 2.39. The van der Waals surface area contributed by atoms with Gasteiger partial charge in [-0.3, -0.25) is 4.72 Å². The van der Waals surface area contributed by atoms with Crippen molar-refractivity contribution in [2.24, 2.45) is 0 Å². The zero-order valence-corrected chi connectivity index (χ0v) is 15.6. The summed E-state index contributed by atoms with van der Waals surface area (Å²) in [5.74, 6) is 0. The van der Waals surface area contributed by atoms with Gasteiger partial charge in [-0.05, 0) is 74.7 Å². The number of hydrogen-bond acceptors (Lipinski definition) is 3. The van der Waals surface area contributed by atoms with Crippen molar-refractivity contribution < 1.29 is 8.42 Å². The fourth-order valence-corrected chi connectivity index (χ4v) is 4.05. The summed E-state index contributed by atoms with van der Waals surface area (Å²) in [4.78, 5) is 0.102. The van der Waals surface area contributed by atoms with Crippen LogP contribution in [0.25, 0.3) is 0 Å². The molecule has 0 fully saturated rings. The molecule has 0 aliphatic heterocycles. The number of benzene rings is 2. The molecule has 4 nitrogen and oxygen atoms in total. The number of aryl methyl sites for hydroxylation is 1. The number of nitrogens with two attached hydrogens (primary N) is 1. The molecular weight excluding hydrogens is 443 g/mol. The molecule has 2 rings (SSSR count). The molecule has 0 spiro atoms.